The molecular formula is C19H41N3O15P2. The number of hydrogen-bond acceptors (Lipinski definition) is 14. The molecule has 12 N–H and O–H groups in total. The average molecular weight is 613 g/mol. The van der Waals surface area contributed by atoms with E-state index in [1.54, 1.807) is 0 Å². The first-order valence-corrected chi connectivity index (χ1v) is 15.6. The van der Waals surface area contributed by atoms with Crippen LogP contribution in [0.2, 0.25) is 0 Å². The van der Waals surface area contributed by atoms with Gasteiger partial charge in [0.15, 0.2) is 6.29 Å². The van der Waals surface area contributed by atoms with Crippen molar-refractivity contribution in [2.45, 2.75) is 75.3 Å². The van der Waals surface area contributed by atoms with Gasteiger partial charge in [0.05, 0.1) is 19.3 Å². The lowest BCUT2D eigenvalue weighted by molar-refractivity contribution is -0.249. The Morgan fingerprint density at radius 3 is 2.00 bits per heavy atom. The molecule has 0 spiro atoms. The molecule has 232 valence electrons. The largest absolute Gasteiger partial charge is 0.394 e. The molecule has 0 aliphatic carbocycles. The van der Waals surface area contributed by atoms with Gasteiger partial charge in [0.2, 0.25) is 11.8 Å². The van der Waals surface area contributed by atoms with Gasteiger partial charge in [-0.05, 0) is 13.0 Å². The van der Waals surface area contributed by atoms with Crippen LogP contribution in [0.25, 0.3) is 0 Å². The van der Waals surface area contributed by atoms with E-state index in [1.807, 2.05) is 0 Å². The number of aliphatic hydroxyl groups is 6. The Morgan fingerprint density at radius 2 is 1.62 bits per heavy atom. The predicted molar refractivity (Wildman–Crippen MR) is 133 cm³/mol. The molecule has 1 aliphatic heterocycles. The highest BCUT2D eigenvalue weighted by atomic mass is 31.2. The monoisotopic (exact) mass is 613 g/mol. The molecule has 0 aromatic carbocycles. The number of carbonyl (C=O) groups is 2. The normalized spacial score (nSPS) is 29.3. The van der Waals surface area contributed by atoms with Crippen LogP contribution >= 0.6 is 15.2 Å². The molecule has 0 aromatic rings. The molecule has 11 unspecified atom stereocenters. The lowest BCUT2D eigenvalue weighted by atomic mass is 9.97. The lowest BCUT2D eigenvalue weighted by Crippen LogP contribution is -2.64. The van der Waals surface area contributed by atoms with E-state index in [1.165, 1.54) is 13.8 Å². The number of hydrogen-bond donors (Lipinski definition) is 11. The van der Waals surface area contributed by atoms with E-state index >= 15 is 0 Å². The molecule has 1 fully saturated rings. The fourth-order valence-corrected chi connectivity index (χ4v) is 4.95. The first-order chi connectivity index (χ1) is 17.8. The summed E-state index contributed by atoms with van der Waals surface area (Å²) in [4.78, 5) is 40.4. The topological polar surface area (TPSA) is 308 Å². The van der Waals surface area contributed by atoms with Crippen molar-refractivity contribution < 1.29 is 72.9 Å². The molecule has 39 heavy (non-hydrogen) atoms. The van der Waals surface area contributed by atoms with E-state index < -0.39 is 95.2 Å². The second kappa shape index (κ2) is 17.0. The standard InChI is InChI=1S/C10H23N2O7P.C9H18NO8P/c1-6(14)12-7(3-4-11)9(16)10(8(15)5-13)19-20(2,17)18;1-4(12)10-6-7(13)8(18-19(2,15)16)5(3-11)17-9(6)14/h7-10,13,15-16H,3-5,11H2,1-2H3,(H,12,14)(H,17,18);5-9,11,13-14H,3H2,1-2H3,(H,10,12)(H,15,16). The van der Waals surface area contributed by atoms with Crippen LogP contribution in [0.3, 0.4) is 0 Å². The summed E-state index contributed by atoms with van der Waals surface area (Å²) in [5.74, 6) is -0.972. The number of ether oxygens (including phenoxy) is 1. The van der Waals surface area contributed by atoms with Crippen LogP contribution < -0.4 is 16.4 Å². The molecule has 0 bridgehead atoms. The Balaban J connectivity index is 0.000000741. The van der Waals surface area contributed by atoms with Crippen molar-refractivity contribution in [3.05, 3.63) is 0 Å². The van der Waals surface area contributed by atoms with Crippen LogP contribution in [0, 0.1) is 0 Å². The summed E-state index contributed by atoms with van der Waals surface area (Å²) in [7, 11) is -7.96. The summed E-state index contributed by atoms with van der Waals surface area (Å²) in [6.45, 7) is 2.91. The van der Waals surface area contributed by atoms with Gasteiger partial charge < -0.3 is 61.5 Å². The first-order valence-electron chi connectivity index (χ1n) is 11.6. The molecule has 1 aliphatic rings. The predicted octanol–water partition coefficient (Wildman–Crippen LogP) is -4.48. The maximum absolute atomic E-state index is 11.3. The van der Waals surface area contributed by atoms with Crippen LogP contribution in [0.4, 0.5) is 0 Å². The van der Waals surface area contributed by atoms with Crippen molar-refractivity contribution in [3.8, 4) is 0 Å². The molecule has 20 heteroatoms. The van der Waals surface area contributed by atoms with E-state index in [2.05, 4.69) is 10.6 Å². The van der Waals surface area contributed by atoms with E-state index in [4.69, 9.17) is 29.7 Å². The Bertz CT molecular complexity index is 856. The van der Waals surface area contributed by atoms with Crippen LogP contribution in [0.5, 0.6) is 0 Å². The summed E-state index contributed by atoms with van der Waals surface area (Å²) < 4.78 is 36.9. The van der Waals surface area contributed by atoms with Gasteiger partial charge in [-0.1, -0.05) is 0 Å². The average Bonchev–Trinajstić information content (AvgIpc) is 2.79. The Labute approximate surface area is 225 Å². The quantitative estimate of drug-likeness (QED) is 0.0872. The van der Waals surface area contributed by atoms with Gasteiger partial charge in [0.25, 0.3) is 0 Å². The van der Waals surface area contributed by atoms with Gasteiger partial charge in [-0.2, -0.15) is 0 Å². The van der Waals surface area contributed by atoms with Crippen LogP contribution in [-0.4, -0.2) is 140 Å². The Morgan fingerprint density at radius 1 is 1.05 bits per heavy atom. The van der Waals surface area contributed by atoms with Gasteiger partial charge in [-0.3, -0.25) is 27.8 Å². The fourth-order valence-electron chi connectivity index (χ4n) is 3.52. The minimum Gasteiger partial charge on any atom is -0.394 e. The van der Waals surface area contributed by atoms with Crippen molar-refractivity contribution in [3.63, 3.8) is 0 Å². The van der Waals surface area contributed by atoms with Crippen molar-refractivity contribution in [2.24, 2.45) is 5.73 Å². The van der Waals surface area contributed by atoms with E-state index in [0.29, 0.717) is 0 Å². The maximum atomic E-state index is 11.3. The number of amides is 2. The smallest absolute Gasteiger partial charge is 0.325 e. The highest BCUT2D eigenvalue weighted by Crippen LogP contribution is 2.42. The molecule has 1 saturated heterocycles. The first kappa shape index (κ1) is 37.9. The van der Waals surface area contributed by atoms with E-state index in [-0.39, 0.29) is 13.0 Å². The fraction of sp³-hybridized carbons (Fsp3) is 0.895. The molecule has 1 rings (SSSR count). The third kappa shape index (κ3) is 14.4. The van der Waals surface area contributed by atoms with Gasteiger partial charge in [0, 0.05) is 27.2 Å². The Hall–Kier alpha value is -1.08. The van der Waals surface area contributed by atoms with Gasteiger partial charge in [0.1, 0.15) is 42.7 Å². The van der Waals surface area contributed by atoms with Crippen molar-refractivity contribution in [2.75, 3.05) is 33.1 Å². The third-order valence-electron chi connectivity index (χ3n) is 5.06. The van der Waals surface area contributed by atoms with Crippen molar-refractivity contribution in [1.29, 1.82) is 0 Å². The summed E-state index contributed by atoms with van der Waals surface area (Å²) in [6.07, 6.45) is -10.1. The van der Waals surface area contributed by atoms with Crippen LogP contribution in [-0.2, 0) is 32.5 Å². The highest BCUT2D eigenvalue weighted by Gasteiger charge is 2.47. The van der Waals surface area contributed by atoms with E-state index in [9.17, 15) is 48.9 Å². The molecule has 0 aromatic heterocycles. The van der Waals surface area contributed by atoms with Gasteiger partial charge in [-0.25, -0.2) is 0 Å². The minimum absolute atomic E-state index is 0.132. The molecule has 0 radical (unpaired) electrons. The molecule has 2 amide bonds. The molecule has 1 heterocycles. The minimum atomic E-state index is -4.01. The second-order valence-electron chi connectivity index (χ2n) is 8.84. The zero-order chi connectivity index (χ0) is 30.7. The number of carbonyl (C=O) groups excluding carboxylic acids is 2. The van der Waals surface area contributed by atoms with Crippen LogP contribution in [0.15, 0.2) is 0 Å². The third-order valence-corrected chi connectivity index (χ3v) is 6.33. The number of rotatable bonds is 13. The zero-order valence-electron chi connectivity index (χ0n) is 21.9. The Kier molecular flexibility index (Phi) is 16.5. The molecule has 11 atom stereocenters. The van der Waals surface area contributed by atoms with Gasteiger partial charge >= 0.3 is 15.2 Å². The summed E-state index contributed by atoms with van der Waals surface area (Å²) in [6, 6.07) is -2.10. The molecular weight excluding hydrogens is 572 g/mol. The summed E-state index contributed by atoms with van der Waals surface area (Å²) in [5.41, 5.74) is 5.36. The SMILES string of the molecule is CC(=O)NC(CCN)C(O)C(OP(C)(=O)O)C(O)CO.CC(=O)NC1C(O)OC(CO)C(OP(C)(=O)O)C1O. The van der Waals surface area contributed by atoms with Gasteiger partial charge in [-0.15, -0.1) is 0 Å². The number of aliphatic hydroxyl groups excluding tert-OH is 6. The van der Waals surface area contributed by atoms with Crippen molar-refractivity contribution in [1.82, 2.24) is 10.6 Å². The highest BCUT2D eigenvalue weighted by molar-refractivity contribution is 7.52. The second-order valence-corrected chi connectivity index (χ2v) is 12.5. The summed E-state index contributed by atoms with van der Waals surface area (Å²) in [5, 5.41) is 62.0. The number of nitrogens with two attached hydrogens (primary N) is 1. The molecule has 0 saturated carbocycles. The summed E-state index contributed by atoms with van der Waals surface area (Å²) >= 11 is 0. The zero-order valence-corrected chi connectivity index (χ0v) is 23.7. The van der Waals surface area contributed by atoms with Crippen molar-refractivity contribution >= 4 is 27.0 Å². The molecule has 18 nitrogen and oxygen atoms in total. The lowest BCUT2D eigenvalue weighted by Gasteiger charge is -2.42. The number of nitrogens with one attached hydrogen (secondary N) is 2. The maximum Gasteiger partial charge on any atom is 0.325 e. The van der Waals surface area contributed by atoms with Crippen LogP contribution in [0.1, 0.15) is 20.3 Å². The van der Waals surface area contributed by atoms with E-state index in [0.717, 1.165) is 13.3 Å².